The van der Waals surface area contributed by atoms with Crippen molar-refractivity contribution in [2.24, 2.45) is 0 Å². The number of nitrogens with zero attached hydrogens (tertiary/aromatic N) is 1. The molecule has 5 nitrogen and oxygen atoms in total. The average Bonchev–Trinajstić information content (AvgIpc) is 2.54. The Morgan fingerprint density at radius 3 is 2.50 bits per heavy atom. The number of nitro benzene ring substituents is 1. The van der Waals surface area contributed by atoms with E-state index in [1.54, 1.807) is 23.9 Å². The minimum absolute atomic E-state index is 0.0442. The van der Waals surface area contributed by atoms with E-state index in [-0.39, 0.29) is 17.3 Å². The van der Waals surface area contributed by atoms with E-state index in [4.69, 9.17) is 0 Å². The van der Waals surface area contributed by atoms with Gasteiger partial charge in [-0.25, -0.2) is 0 Å². The molecule has 2 rings (SSSR count). The fraction of sp³-hybridized carbons (Fsp3) is 0.133. The largest absolute Gasteiger partial charge is 0.324 e. The van der Waals surface area contributed by atoms with Crippen LogP contribution in [0.2, 0.25) is 0 Å². The van der Waals surface area contributed by atoms with Gasteiger partial charge in [0.15, 0.2) is 0 Å². The summed E-state index contributed by atoms with van der Waals surface area (Å²) in [6, 6.07) is 13.8. The lowest BCUT2D eigenvalue weighted by Crippen LogP contribution is -2.14. The summed E-state index contributed by atoms with van der Waals surface area (Å²) in [5.41, 5.74) is 0.840. The summed E-state index contributed by atoms with van der Waals surface area (Å²) >= 11 is 2.91. The monoisotopic (exact) mass is 334 g/mol. The first-order valence-corrected chi connectivity index (χ1v) is 8.61. The highest BCUT2D eigenvalue weighted by Gasteiger charge is 2.08. The highest BCUT2D eigenvalue weighted by Crippen LogP contribution is 2.25. The molecule has 114 valence electrons. The molecule has 22 heavy (non-hydrogen) atoms. The Balaban J connectivity index is 1.91. The second kappa shape index (κ2) is 7.86. The van der Waals surface area contributed by atoms with E-state index >= 15 is 0 Å². The Morgan fingerprint density at radius 1 is 1.18 bits per heavy atom. The second-order valence-corrected chi connectivity index (χ2v) is 6.18. The van der Waals surface area contributed by atoms with Crippen LogP contribution in [0, 0.1) is 10.1 Å². The lowest BCUT2D eigenvalue weighted by molar-refractivity contribution is -0.384. The van der Waals surface area contributed by atoms with Crippen molar-refractivity contribution in [3.05, 3.63) is 58.6 Å². The minimum Gasteiger partial charge on any atom is -0.324 e. The summed E-state index contributed by atoms with van der Waals surface area (Å²) < 4.78 is 0. The van der Waals surface area contributed by atoms with Crippen molar-refractivity contribution in [3.8, 4) is 0 Å². The third-order valence-electron chi connectivity index (χ3n) is 2.80. The van der Waals surface area contributed by atoms with Gasteiger partial charge in [0, 0.05) is 21.9 Å². The smallest absolute Gasteiger partial charge is 0.269 e. The van der Waals surface area contributed by atoms with Crippen molar-refractivity contribution >= 4 is 40.8 Å². The van der Waals surface area contributed by atoms with Crippen LogP contribution < -0.4 is 5.32 Å². The molecule has 0 fully saturated rings. The van der Waals surface area contributed by atoms with E-state index in [9.17, 15) is 14.9 Å². The normalized spacial score (nSPS) is 10.2. The number of thioether (sulfide) groups is 2. The van der Waals surface area contributed by atoms with Gasteiger partial charge in [-0.1, -0.05) is 12.1 Å². The van der Waals surface area contributed by atoms with E-state index in [1.165, 1.54) is 23.9 Å². The molecule has 0 bridgehead atoms. The number of carbonyl (C=O) groups excluding carboxylic acids is 1. The van der Waals surface area contributed by atoms with Gasteiger partial charge in [-0.15, -0.1) is 23.5 Å². The van der Waals surface area contributed by atoms with Crippen LogP contribution in [0.1, 0.15) is 0 Å². The Labute approximate surface area is 136 Å². The van der Waals surface area contributed by atoms with Gasteiger partial charge in [0.05, 0.1) is 16.4 Å². The van der Waals surface area contributed by atoms with E-state index < -0.39 is 4.92 Å². The van der Waals surface area contributed by atoms with E-state index in [0.717, 1.165) is 15.5 Å². The first-order chi connectivity index (χ1) is 10.6. The van der Waals surface area contributed by atoms with Gasteiger partial charge in [0.2, 0.25) is 5.91 Å². The molecular weight excluding hydrogens is 320 g/mol. The van der Waals surface area contributed by atoms with Gasteiger partial charge in [-0.3, -0.25) is 14.9 Å². The quantitative estimate of drug-likeness (QED) is 0.490. The zero-order valence-electron chi connectivity index (χ0n) is 11.8. The Bertz CT molecular complexity index is 675. The average molecular weight is 334 g/mol. The van der Waals surface area contributed by atoms with Crippen LogP contribution in [0.5, 0.6) is 0 Å². The van der Waals surface area contributed by atoms with Crippen LogP contribution in [-0.2, 0) is 4.79 Å². The summed E-state index contributed by atoms with van der Waals surface area (Å²) in [6.45, 7) is 0. The van der Waals surface area contributed by atoms with Crippen LogP contribution in [0.3, 0.4) is 0 Å². The Kier molecular flexibility index (Phi) is 5.85. The number of amides is 1. The maximum atomic E-state index is 12.0. The molecule has 0 unspecified atom stereocenters. The first kappa shape index (κ1) is 16.4. The summed E-state index contributed by atoms with van der Waals surface area (Å²) in [7, 11) is 0. The summed E-state index contributed by atoms with van der Waals surface area (Å²) in [6.07, 6.45) is 1.95. The van der Waals surface area contributed by atoms with E-state index in [1.807, 2.05) is 30.5 Å². The molecule has 2 aromatic carbocycles. The molecular formula is C15H14N2O3S2. The van der Waals surface area contributed by atoms with Crippen molar-refractivity contribution in [1.82, 2.24) is 0 Å². The second-order valence-electron chi connectivity index (χ2n) is 4.29. The van der Waals surface area contributed by atoms with Crippen LogP contribution >= 0.6 is 23.5 Å². The predicted molar refractivity (Wildman–Crippen MR) is 90.7 cm³/mol. The SMILES string of the molecule is CSc1ccccc1NC(=O)CSc1ccc([N+](=O)[O-])cc1. The number of hydrogen-bond donors (Lipinski definition) is 1. The standard InChI is InChI=1S/C15H14N2O3S2/c1-21-14-5-3-2-4-13(14)16-15(18)10-22-12-8-6-11(7-9-12)17(19)20/h2-9H,10H2,1H3,(H,16,18). The fourth-order valence-electron chi connectivity index (χ4n) is 1.75. The maximum absolute atomic E-state index is 12.0. The molecule has 0 aliphatic rings. The zero-order valence-corrected chi connectivity index (χ0v) is 13.4. The highest BCUT2D eigenvalue weighted by molar-refractivity contribution is 8.00. The third kappa shape index (κ3) is 4.51. The van der Waals surface area contributed by atoms with Gasteiger partial charge in [-0.05, 0) is 30.5 Å². The third-order valence-corrected chi connectivity index (χ3v) is 4.61. The number of nitrogens with one attached hydrogen (secondary N) is 1. The summed E-state index contributed by atoms with van der Waals surface area (Å²) in [5.74, 6) is 0.144. The van der Waals surface area contributed by atoms with Gasteiger partial charge in [0.25, 0.3) is 5.69 Å². The molecule has 0 saturated heterocycles. The van der Waals surface area contributed by atoms with Crippen LogP contribution in [-0.4, -0.2) is 22.8 Å². The molecule has 1 amide bonds. The first-order valence-electron chi connectivity index (χ1n) is 6.40. The Morgan fingerprint density at radius 2 is 1.86 bits per heavy atom. The lowest BCUT2D eigenvalue weighted by atomic mass is 10.3. The number of anilines is 1. The van der Waals surface area contributed by atoms with Crippen molar-refractivity contribution in [1.29, 1.82) is 0 Å². The highest BCUT2D eigenvalue weighted by atomic mass is 32.2. The molecule has 0 atom stereocenters. The molecule has 0 aliphatic carbocycles. The molecule has 7 heteroatoms. The van der Waals surface area contributed by atoms with Crippen LogP contribution in [0.25, 0.3) is 0 Å². The van der Waals surface area contributed by atoms with Crippen molar-refractivity contribution in [3.63, 3.8) is 0 Å². The van der Waals surface area contributed by atoms with E-state index in [2.05, 4.69) is 5.32 Å². The molecule has 0 saturated carbocycles. The lowest BCUT2D eigenvalue weighted by Gasteiger charge is -2.09. The van der Waals surface area contributed by atoms with Crippen molar-refractivity contribution in [2.75, 3.05) is 17.3 Å². The van der Waals surface area contributed by atoms with Crippen molar-refractivity contribution in [2.45, 2.75) is 9.79 Å². The molecule has 0 aliphatic heterocycles. The number of para-hydroxylation sites is 1. The molecule has 2 aromatic rings. The number of hydrogen-bond acceptors (Lipinski definition) is 5. The predicted octanol–water partition coefficient (Wildman–Crippen LogP) is 4.05. The fourth-order valence-corrected chi connectivity index (χ4v) is 3.00. The number of rotatable bonds is 6. The number of non-ortho nitro benzene ring substituents is 1. The number of carbonyl (C=O) groups is 1. The summed E-state index contributed by atoms with van der Waals surface area (Å²) in [5, 5.41) is 13.4. The topological polar surface area (TPSA) is 72.2 Å². The van der Waals surface area contributed by atoms with Gasteiger partial charge in [0.1, 0.15) is 0 Å². The Hall–Kier alpha value is -1.99. The van der Waals surface area contributed by atoms with Crippen molar-refractivity contribution < 1.29 is 9.72 Å². The minimum atomic E-state index is -0.444. The number of benzene rings is 2. The van der Waals surface area contributed by atoms with Crippen LogP contribution in [0.15, 0.2) is 58.3 Å². The summed E-state index contributed by atoms with van der Waals surface area (Å²) in [4.78, 5) is 23.9. The molecule has 0 aromatic heterocycles. The van der Waals surface area contributed by atoms with Gasteiger partial charge in [-0.2, -0.15) is 0 Å². The molecule has 1 N–H and O–H groups in total. The maximum Gasteiger partial charge on any atom is 0.269 e. The zero-order chi connectivity index (χ0) is 15.9. The van der Waals surface area contributed by atoms with Gasteiger partial charge < -0.3 is 5.32 Å². The number of nitro groups is 1. The van der Waals surface area contributed by atoms with E-state index in [0.29, 0.717) is 0 Å². The van der Waals surface area contributed by atoms with Crippen LogP contribution in [0.4, 0.5) is 11.4 Å². The molecule has 0 heterocycles. The molecule has 0 spiro atoms. The molecule has 0 radical (unpaired) electrons. The van der Waals surface area contributed by atoms with Gasteiger partial charge >= 0.3 is 0 Å².